The van der Waals surface area contributed by atoms with Crippen LogP contribution in [0, 0.1) is 0 Å². The largest absolute Gasteiger partial charge is 0.343 e. The van der Waals surface area contributed by atoms with E-state index in [9.17, 15) is 4.79 Å². The first-order valence-electron chi connectivity index (χ1n) is 5.83. The van der Waals surface area contributed by atoms with Crippen molar-refractivity contribution in [2.45, 2.75) is 25.8 Å². The van der Waals surface area contributed by atoms with Gasteiger partial charge in [0.25, 0.3) is 0 Å². The zero-order chi connectivity index (χ0) is 11.2. The van der Waals surface area contributed by atoms with Crippen LogP contribution in [-0.2, 0) is 11.3 Å². The molecule has 0 aliphatic carbocycles. The molecule has 2 rings (SSSR count). The first-order chi connectivity index (χ1) is 7.86. The first-order valence-corrected chi connectivity index (χ1v) is 5.83. The fraction of sp³-hybridized carbons (Fsp3) is 0.636. The molecule has 1 aliphatic rings. The Morgan fingerprint density at radius 2 is 2.50 bits per heavy atom. The van der Waals surface area contributed by atoms with E-state index in [0.717, 1.165) is 51.1 Å². The zero-order valence-electron chi connectivity index (χ0n) is 9.41. The normalized spacial score (nSPS) is 16.0. The third-order valence-corrected chi connectivity index (χ3v) is 2.83. The van der Waals surface area contributed by atoms with Gasteiger partial charge in [-0.25, -0.2) is 0 Å². The van der Waals surface area contributed by atoms with E-state index in [2.05, 4.69) is 15.5 Å². The van der Waals surface area contributed by atoms with Crippen molar-refractivity contribution in [3.8, 4) is 0 Å². The zero-order valence-corrected chi connectivity index (χ0v) is 9.41. The molecule has 0 aromatic carbocycles. The monoisotopic (exact) mass is 222 g/mol. The average molecular weight is 222 g/mol. The van der Waals surface area contributed by atoms with Crippen molar-refractivity contribution < 1.29 is 4.79 Å². The van der Waals surface area contributed by atoms with E-state index in [0.29, 0.717) is 5.91 Å². The highest BCUT2D eigenvalue weighted by molar-refractivity contribution is 5.77. The van der Waals surface area contributed by atoms with Gasteiger partial charge in [0.15, 0.2) is 0 Å². The Labute approximate surface area is 95.2 Å². The molecule has 0 spiro atoms. The smallest absolute Gasteiger partial charge is 0.222 e. The van der Waals surface area contributed by atoms with Crippen LogP contribution in [0.4, 0.5) is 0 Å². The number of hydrogen-bond acceptors (Lipinski definition) is 3. The molecule has 0 radical (unpaired) electrons. The number of carbonyl (C=O) groups excluding carboxylic acids is 1. The lowest BCUT2D eigenvalue weighted by atomic mass is 10.3. The number of aromatic amines is 1. The van der Waals surface area contributed by atoms with Crippen LogP contribution in [0.3, 0.4) is 0 Å². The van der Waals surface area contributed by atoms with Crippen LogP contribution in [0.2, 0.25) is 0 Å². The van der Waals surface area contributed by atoms with Crippen molar-refractivity contribution in [2.75, 3.05) is 19.6 Å². The Hall–Kier alpha value is -1.36. The minimum absolute atomic E-state index is 0.313. The molecule has 0 unspecified atom stereocenters. The second-order valence-electron chi connectivity index (χ2n) is 4.10. The quantitative estimate of drug-likeness (QED) is 0.689. The molecule has 1 aliphatic heterocycles. The van der Waals surface area contributed by atoms with Crippen LogP contribution in [0.1, 0.15) is 25.0 Å². The van der Waals surface area contributed by atoms with Gasteiger partial charge in [-0.05, 0) is 25.5 Å². The average Bonchev–Trinajstić information content (AvgIpc) is 2.90. The van der Waals surface area contributed by atoms with Gasteiger partial charge in [-0.1, -0.05) is 0 Å². The lowest BCUT2D eigenvalue weighted by Gasteiger charge is -2.15. The molecule has 5 nitrogen and oxygen atoms in total. The van der Waals surface area contributed by atoms with Gasteiger partial charge in [0, 0.05) is 37.9 Å². The van der Waals surface area contributed by atoms with Gasteiger partial charge in [0.2, 0.25) is 5.91 Å². The number of H-pyrrole nitrogens is 1. The Morgan fingerprint density at radius 3 is 3.19 bits per heavy atom. The second-order valence-corrected chi connectivity index (χ2v) is 4.10. The predicted molar refractivity (Wildman–Crippen MR) is 60.7 cm³/mol. The van der Waals surface area contributed by atoms with E-state index >= 15 is 0 Å². The number of amides is 1. The van der Waals surface area contributed by atoms with E-state index < -0.39 is 0 Å². The summed E-state index contributed by atoms with van der Waals surface area (Å²) in [7, 11) is 0. The molecule has 16 heavy (non-hydrogen) atoms. The fourth-order valence-corrected chi connectivity index (χ4v) is 1.94. The van der Waals surface area contributed by atoms with Crippen LogP contribution in [-0.4, -0.2) is 40.6 Å². The summed E-state index contributed by atoms with van der Waals surface area (Å²) < 4.78 is 0. The SMILES string of the molecule is O=C1CCCN1CCCNCc1ccn[nH]1. The minimum atomic E-state index is 0.313. The molecule has 1 aromatic rings. The topological polar surface area (TPSA) is 61.0 Å². The molecule has 2 N–H and O–H groups in total. The van der Waals surface area contributed by atoms with Crippen molar-refractivity contribution >= 4 is 5.91 Å². The molecule has 2 heterocycles. The first kappa shape index (κ1) is 11.1. The number of hydrogen-bond donors (Lipinski definition) is 2. The lowest BCUT2D eigenvalue weighted by molar-refractivity contribution is -0.127. The van der Waals surface area contributed by atoms with E-state index in [4.69, 9.17) is 0 Å². The number of carbonyl (C=O) groups is 1. The summed E-state index contributed by atoms with van der Waals surface area (Å²) in [6.07, 6.45) is 4.53. The van der Waals surface area contributed by atoms with Crippen molar-refractivity contribution in [1.82, 2.24) is 20.4 Å². The summed E-state index contributed by atoms with van der Waals surface area (Å²) >= 11 is 0. The molecule has 88 valence electrons. The third kappa shape index (κ3) is 3.06. The predicted octanol–water partition coefficient (Wildman–Crippen LogP) is 0.512. The number of nitrogens with zero attached hydrogens (tertiary/aromatic N) is 2. The number of likely N-dealkylation sites (tertiary alicyclic amines) is 1. The van der Waals surface area contributed by atoms with Crippen LogP contribution in [0.15, 0.2) is 12.3 Å². The maximum absolute atomic E-state index is 11.3. The molecule has 0 saturated carbocycles. The molecule has 1 fully saturated rings. The van der Waals surface area contributed by atoms with Crippen LogP contribution >= 0.6 is 0 Å². The summed E-state index contributed by atoms with van der Waals surface area (Å²) in [5.74, 6) is 0.313. The molecule has 1 saturated heterocycles. The van der Waals surface area contributed by atoms with Gasteiger partial charge >= 0.3 is 0 Å². The van der Waals surface area contributed by atoms with E-state index in [1.165, 1.54) is 0 Å². The van der Waals surface area contributed by atoms with E-state index in [-0.39, 0.29) is 0 Å². The number of nitrogens with one attached hydrogen (secondary N) is 2. The minimum Gasteiger partial charge on any atom is -0.343 e. The summed E-state index contributed by atoms with van der Waals surface area (Å²) in [4.78, 5) is 13.3. The van der Waals surface area contributed by atoms with Gasteiger partial charge in [-0.2, -0.15) is 5.10 Å². The summed E-state index contributed by atoms with van der Waals surface area (Å²) in [5, 5.41) is 10.1. The molecular weight excluding hydrogens is 204 g/mol. The van der Waals surface area contributed by atoms with Gasteiger partial charge < -0.3 is 10.2 Å². The van der Waals surface area contributed by atoms with E-state index in [1.807, 2.05) is 11.0 Å². The number of rotatable bonds is 6. The third-order valence-electron chi connectivity index (χ3n) is 2.83. The molecule has 1 aromatic heterocycles. The second kappa shape index (κ2) is 5.65. The molecule has 5 heteroatoms. The summed E-state index contributed by atoms with van der Waals surface area (Å²) in [6.45, 7) is 3.57. The van der Waals surface area contributed by atoms with Gasteiger partial charge in [0.05, 0.1) is 0 Å². The lowest BCUT2D eigenvalue weighted by Crippen LogP contribution is -2.28. The highest BCUT2D eigenvalue weighted by atomic mass is 16.2. The van der Waals surface area contributed by atoms with Crippen molar-refractivity contribution in [1.29, 1.82) is 0 Å². The van der Waals surface area contributed by atoms with Crippen LogP contribution < -0.4 is 5.32 Å². The highest BCUT2D eigenvalue weighted by Gasteiger charge is 2.18. The molecule has 0 bridgehead atoms. The number of aromatic nitrogens is 2. The summed E-state index contributed by atoms with van der Waals surface area (Å²) in [6, 6.07) is 1.96. The maximum atomic E-state index is 11.3. The van der Waals surface area contributed by atoms with Crippen molar-refractivity contribution in [3.63, 3.8) is 0 Å². The molecular formula is C11H18N4O. The Kier molecular flexibility index (Phi) is 3.93. The van der Waals surface area contributed by atoms with Gasteiger partial charge in [0.1, 0.15) is 0 Å². The fourth-order valence-electron chi connectivity index (χ4n) is 1.94. The van der Waals surface area contributed by atoms with Crippen molar-refractivity contribution in [3.05, 3.63) is 18.0 Å². The van der Waals surface area contributed by atoms with E-state index in [1.54, 1.807) is 6.20 Å². The van der Waals surface area contributed by atoms with Gasteiger partial charge in [-0.15, -0.1) is 0 Å². The van der Waals surface area contributed by atoms with Gasteiger partial charge in [-0.3, -0.25) is 9.89 Å². The highest BCUT2D eigenvalue weighted by Crippen LogP contribution is 2.09. The van der Waals surface area contributed by atoms with Crippen molar-refractivity contribution in [2.24, 2.45) is 0 Å². The Balaban J connectivity index is 1.53. The Bertz CT molecular complexity index is 323. The molecule has 1 amide bonds. The maximum Gasteiger partial charge on any atom is 0.222 e. The van der Waals surface area contributed by atoms with Crippen LogP contribution in [0.25, 0.3) is 0 Å². The van der Waals surface area contributed by atoms with Crippen LogP contribution in [0.5, 0.6) is 0 Å². The molecule has 0 atom stereocenters. The summed E-state index contributed by atoms with van der Waals surface area (Å²) in [5.41, 5.74) is 1.09. The Morgan fingerprint density at radius 1 is 1.56 bits per heavy atom. The standard InChI is InChI=1S/C11H18N4O/c16-11-3-1-7-15(11)8-2-5-12-9-10-4-6-13-14-10/h4,6,12H,1-3,5,7-9H2,(H,13,14).